The van der Waals surface area contributed by atoms with Gasteiger partial charge in [-0.2, -0.15) is 0 Å². The standard InChI is InChI=1S/C22H22ClFN4O3/c1-13(21(25)30)9-14-3-5-17(23)16(10-14)22-27-18(11-19(29)28-22)15-4-6-20(26-12-15)31-8-2-7-24/h3-6,10-13H,2,7-9H2,1H3,(H2,25,30)(H,27,28,29). The van der Waals surface area contributed by atoms with Crippen molar-refractivity contribution in [1.29, 1.82) is 0 Å². The number of aromatic nitrogens is 3. The zero-order valence-corrected chi connectivity index (χ0v) is 17.7. The maximum absolute atomic E-state index is 12.3. The highest BCUT2D eigenvalue weighted by Gasteiger charge is 2.14. The average Bonchev–Trinajstić information content (AvgIpc) is 2.75. The van der Waals surface area contributed by atoms with Crippen molar-refractivity contribution in [3.05, 3.63) is 63.5 Å². The van der Waals surface area contributed by atoms with Gasteiger partial charge in [-0.3, -0.25) is 14.0 Å². The van der Waals surface area contributed by atoms with Gasteiger partial charge < -0.3 is 15.5 Å². The summed E-state index contributed by atoms with van der Waals surface area (Å²) in [5.74, 6) is -0.0790. The fourth-order valence-corrected chi connectivity index (χ4v) is 3.12. The molecule has 3 aromatic rings. The van der Waals surface area contributed by atoms with Crippen molar-refractivity contribution in [2.45, 2.75) is 19.8 Å². The number of H-pyrrole nitrogens is 1. The van der Waals surface area contributed by atoms with Gasteiger partial charge >= 0.3 is 0 Å². The van der Waals surface area contributed by atoms with Crippen LogP contribution in [-0.2, 0) is 11.2 Å². The van der Waals surface area contributed by atoms with Crippen molar-refractivity contribution in [2.24, 2.45) is 11.7 Å². The van der Waals surface area contributed by atoms with Crippen molar-refractivity contribution in [3.8, 4) is 28.5 Å². The summed E-state index contributed by atoms with van der Waals surface area (Å²) in [4.78, 5) is 35.1. The molecule has 0 aliphatic carbocycles. The van der Waals surface area contributed by atoms with Crippen LogP contribution in [0.25, 0.3) is 22.6 Å². The number of ether oxygens (including phenoxy) is 1. The maximum Gasteiger partial charge on any atom is 0.251 e. The van der Waals surface area contributed by atoms with E-state index in [-0.39, 0.29) is 18.1 Å². The van der Waals surface area contributed by atoms with Gasteiger partial charge in [0.2, 0.25) is 11.8 Å². The van der Waals surface area contributed by atoms with E-state index in [4.69, 9.17) is 22.1 Å². The second-order valence-electron chi connectivity index (χ2n) is 7.08. The molecule has 162 valence electrons. The number of carbonyl (C=O) groups excluding carboxylic acids is 1. The van der Waals surface area contributed by atoms with Crippen LogP contribution in [0.15, 0.2) is 47.4 Å². The molecule has 2 aromatic heterocycles. The van der Waals surface area contributed by atoms with Gasteiger partial charge in [0.1, 0.15) is 5.82 Å². The van der Waals surface area contributed by atoms with Crippen molar-refractivity contribution in [1.82, 2.24) is 15.0 Å². The Morgan fingerprint density at radius 1 is 1.29 bits per heavy atom. The zero-order chi connectivity index (χ0) is 22.4. The van der Waals surface area contributed by atoms with Crippen molar-refractivity contribution in [3.63, 3.8) is 0 Å². The number of carbonyl (C=O) groups is 1. The number of pyridine rings is 1. The van der Waals surface area contributed by atoms with E-state index in [9.17, 15) is 14.0 Å². The number of benzene rings is 1. The van der Waals surface area contributed by atoms with E-state index in [0.29, 0.717) is 46.4 Å². The predicted octanol–water partition coefficient (Wildman–Crippen LogP) is 3.55. The normalized spacial score (nSPS) is 11.8. The molecular formula is C22H22ClFN4O3. The summed E-state index contributed by atoms with van der Waals surface area (Å²) >= 11 is 6.35. The van der Waals surface area contributed by atoms with Gasteiger partial charge in [0.05, 0.1) is 24.0 Å². The smallest absolute Gasteiger partial charge is 0.251 e. The van der Waals surface area contributed by atoms with Crippen molar-refractivity contribution in [2.75, 3.05) is 13.3 Å². The molecule has 0 spiro atoms. The second-order valence-corrected chi connectivity index (χ2v) is 7.48. The molecule has 1 amide bonds. The van der Waals surface area contributed by atoms with E-state index in [1.807, 2.05) is 0 Å². The Kier molecular flexibility index (Phi) is 7.36. The summed E-state index contributed by atoms with van der Waals surface area (Å²) in [7, 11) is 0. The lowest BCUT2D eigenvalue weighted by molar-refractivity contribution is -0.121. The minimum atomic E-state index is -0.456. The predicted molar refractivity (Wildman–Crippen MR) is 117 cm³/mol. The third-order valence-electron chi connectivity index (χ3n) is 4.62. The Morgan fingerprint density at radius 2 is 2.10 bits per heavy atom. The molecule has 0 fully saturated rings. The molecule has 0 radical (unpaired) electrons. The summed E-state index contributed by atoms with van der Waals surface area (Å²) in [5, 5.41) is 0.408. The lowest BCUT2D eigenvalue weighted by Crippen LogP contribution is -2.22. The summed E-state index contributed by atoms with van der Waals surface area (Å²) < 4.78 is 17.5. The molecule has 9 heteroatoms. The first-order valence-corrected chi connectivity index (χ1v) is 10.1. The number of hydrogen-bond acceptors (Lipinski definition) is 5. The summed E-state index contributed by atoms with van der Waals surface area (Å²) in [6.45, 7) is 1.53. The SMILES string of the molecule is CC(Cc1ccc(Cl)c(-c2nc(-c3ccc(OCCCF)nc3)cc(=O)[nH]2)c1)C(N)=O. The van der Waals surface area contributed by atoms with Gasteiger partial charge in [0.25, 0.3) is 5.56 Å². The number of rotatable bonds is 9. The Bertz CT molecular complexity index is 1120. The number of primary amides is 1. The number of aromatic amines is 1. The highest BCUT2D eigenvalue weighted by molar-refractivity contribution is 6.33. The monoisotopic (exact) mass is 444 g/mol. The van der Waals surface area contributed by atoms with Gasteiger partial charge in [-0.15, -0.1) is 0 Å². The first-order chi connectivity index (χ1) is 14.9. The molecule has 1 unspecified atom stereocenters. The second kappa shape index (κ2) is 10.2. The molecule has 0 saturated carbocycles. The fourth-order valence-electron chi connectivity index (χ4n) is 2.92. The Balaban J connectivity index is 1.91. The van der Waals surface area contributed by atoms with E-state index in [1.165, 1.54) is 12.3 Å². The van der Waals surface area contributed by atoms with Gasteiger partial charge in [0.15, 0.2) is 0 Å². The third-order valence-corrected chi connectivity index (χ3v) is 4.94. The zero-order valence-electron chi connectivity index (χ0n) is 16.9. The van der Waals surface area contributed by atoms with E-state index in [1.54, 1.807) is 37.3 Å². The van der Waals surface area contributed by atoms with Crippen LogP contribution in [0.5, 0.6) is 5.88 Å². The average molecular weight is 445 g/mol. The number of hydrogen-bond donors (Lipinski definition) is 2. The Hall–Kier alpha value is -3.26. The van der Waals surface area contributed by atoms with Crippen molar-refractivity contribution >= 4 is 17.5 Å². The Morgan fingerprint density at radius 3 is 2.77 bits per heavy atom. The number of halogens is 2. The van der Waals surface area contributed by atoms with E-state index < -0.39 is 12.6 Å². The van der Waals surface area contributed by atoms with Crippen LogP contribution in [-0.4, -0.2) is 34.1 Å². The molecular weight excluding hydrogens is 423 g/mol. The van der Waals surface area contributed by atoms with E-state index in [0.717, 1.165) is 5.56 Å². The molecule has 0 bridgehead atoms. The molecule has 3 N–H and O–H groups in total. The molecule has 1 atom stereocenters. The van der Waals surface area contributed by atoms with Crippen LogP contribution in [0.3, 0.4) is 0 Å². The minimum Gasteiger partial charge on any atom is -0.478 e. The number of amides is 1. The largest absolute Gasteiger partial charge is 0.478 e. The first-order valence-electron chi connectivity index (χ1n) is 9.72. The van der Waals surface area contributed by atoms with Crippen LogP contribution < -0.4 is 16.0 Å². The molecule has 0 saturated heterocycles. The van der Waals surface area contributed by atoms with Gasteiger partial charge in [0, 0.05) is 41.8 Å². The molecule has 31 heavy (non-hydrogen) atoms. The van der Waals surface area contributed by atoms with Crippen LogP contribution in [0, 0.1) is 5.92 Å². The molecule has 1 aromatic carbocycles. The topological polar surface area (TPSA) is 111 Å². The number of alkyl halides is 1. The van der Waals surface area contributed by atoms with Gasteiger partial charge in [-0.1, -0.05) is 24.6 Å². The fraction of sp³-hybridized carbons (Fsp3) is 0.273. The molecule has 0 aliphatic rings. The number of nitrogens with one attached hydrogen (secondary N) is 1. The van der Waals surface area contributed by atoms with Crippen LogP contribution in [0.1, 0.15) is 18.9 Å². The lowest BCUT2D eigenvalue weighted by atomic mass is 9.99. The number of nitrogens with zero attached hydrogens (tertiary/aromatic N) is 2. The van der Waals surface area contributed by atoms with Gasteiger partial charge in [-0.25, -0.2) is 9.97 Å². The van der Waals surface area contributed by atoms with Crippen LogP contribution >= 0.6 is 11.6 Å². The quantitative estimate of drug-likeness (QED) is 0.490. The minimum absolute atomic E-state index is 0.236. The van der Waals surface area contributed by atoms with E-state index >= 15 is 0 Å². The molecule has 2 heterocycles. The highest BCUT2D eigenvalue weighted by Crippen LogP contribution is 2.28. The Labute approximate surface area is 183 Å². The molecule has 7 nitrogen and oxygen atoms in total. The van der Waals surface area contributed by atoms with Crippen LogP contribution in [0.2, 0.25) is 5.02 Å². The molecule has 0 aliphatic heterocycles. The first kappa shape index (κ1) is 22.4. The number of nitrogens with two attached hydrogens (primary N) is 1. The third kappa shape index (κ3) is 5.88. The maximum atomic E-state index is 12.3. The van der Waals surface area contributed by atoms with E-state index in [2.05, 4.69) is 15.0 Å². The van der Waals surface area contributed by atoms with Crippen molar-refractivity contribution < 1.29 is 13.9 Å². The lowest BCUT2D eigenvalue weighted by Gasteiger charge is -2.11. The van der Waals surface area contributed by atoms with Crippen LogP contribution in [0.4, 0.5) is 4.39 Å². The summed E-state index contributed by atoms with van der Waals surface area (Å²) in [6, 6.07) is 9.99. The summed E-state index contributed by atoms with van der Waals surface area (Å²) in [6.07, 6.45) is 2.26. The summed E-state index contributed by atoms with van der Waals surface area (Å²) in [5.41, 5.74) is 7.40. The highest BCUT2D eigenvalue weighted by atomic mass is 35.5. The molecule has 3 rings (SSSR count). The van der Waals surface area contributed by atoms with Gasteiger partial charge in [-0.05, 0) is 30.2 Å².